The van der Waals surface area contributed by atoms with Crippen LogP contribution in [0.25, 0.3) is 0 Å². The summed E-state index contributed by atoms with van der Waals surface area (Å²) in [4.78, 5) is 23.7. The summed E-state index contributed by atoms with van der Waals surface area (Å²) in [6.07, 6.45) is 6.46. The van der Waals surface area contributed by atoms with E-state index in [4.69, 9.17) is 9.47 Å². The predicted octanol–water partition coefficient (Wildman–Crippen LogP) is 3.87. The Bertz CT molecular complexity index is 349. The van der Waals surface area contributed by atoms with Crippen LogP contribution in [0.3, 0.4) is 0 Å². The van der Waals surface area contributed by atoms with Crippen LogP contribution in [0.5, 0.6) is 0 Å². The van der Waals surface area contributed by atoms with Crippen molar-refractivity contribution in [2.45, 2.75) is 78.7 Å². The van der Waals surface area contributed by atoms with Crippen LogP contribution in [-0.4, -0.2) is 24.6 Å². The van der Waals surface area contributed by atoms with Crippen LogP contribution in [0.2, 0.25) is 0 Å². The van der Waals surface area contributed by atoms with Gasteiger partial charge in [-0.3, -0.25) is 9.59 Å². The van der Waals surface area contributed by atoms with Gasteiger partial charge in [0.05, 0.1) is 11.8 Å². The molecule has 122 valence electrons. The van der Waals surface area contributed by atoms with Gasteiger partial charge in [0.1, 0.15) is 12.7 Å². The van der Waals surface area contributed by atoms with E-state index in [0.717, 1.165) is 32.1 Å². The molecule has 1 saturated carbocycles. The third-order valence-corrected chi connectivity index (χ3v) is 4.62. The molecular weight excluding hydrogens is 268 g/mol. The van der Waals surface area contributed by atoms with Crippen LogP contribution < -0.4 is 0 Å². The van der Waals surface area contributed by atoms with E-state index >= 15 is 0 Å². The third kappa shape index (κ3) is 5.68. The minimum absolute atomic E-state index is 0.0547. The van der Waals surface area contributed by atoms with Crippen LogP contribution in [0.1, 0.15) is 72.6 Å². The van der Waals surface area contributed by atoms with E-state index in [1.165, 1.54) is 6.42 Å². The zero-order valence-corrected chi connectivity index (χ0v) is 13.9. The van der Waals surface area contributed by atoms with Gasteiger partial charge in [-0.25, -0.2) is 0 Å². The Kier molecular flexibility index (Phi) is 7.20. The molecule has 1 aliphatic rings. The van der Waals surface area contributed by atoms with Gasteiger partial charge < -0.3 is 9.47 Å². The minimum Gasteiger partial charge on any atom is -0.465 e. The second-order valence-corrected chi connectivity index (χ2v) is 6.60. The summed E-state index contributed by atoms with van der Waals surface area (Å²) in [5.41, 5.74) is -0.486. The molecule has 4 heteroatoms. The lowest BCUT2D eigenvalue weighted by Crippen LogP contribution is -2.30. The Morgan fingerprint density at radius 3 is 2.43 bits per heavy atom. The maximum Gasteiger partial charge on any atom is 0.311 e. The number of carbonyl (C=O) groups excluding carboxylic acids is 2. The van der Waals surface area contributed by atoms with Crippen LogP contribution in [-0.2, 0) is 19.1 Å². The molecule has 0 spiro atoms. The van der Waals surface area contributed by atoms with Gasteiger partial charge in [0, 0.05) is 0 Å². The van der Waals surface area contributed by atoms with Crippen LogP contribution >= 0.6 is 0 Å². The lowest BCUT2D eigenvalue weighted by molar-refractivity contribution is -0.160. The van der Waals surface area contributed by atoms with Gasteiger partial charge in [0.2, 0.25) is 0 Å². The lowest BCUT2D eigenvalue weighted by Gasteiger charge is -2.30. The van der Waals surface area contributed by atoms with Crippen molar-refractivity contribution < 1.29 is 19.1 Å². The maximum absolute atomic E-state index is 11.9. The molecule has 2 unspecified atom stereocenters. The second-order valence-electron chi connectivity index (χ2n) is 6.60. The molecule has 1 fully saturated rings. The molecule has 0 radical (unpaired) electrons. The zero-order valence-electron chi connectivity index (χ0n) is 13.9. The van der Waals surface area contributed by atoms with Gasteiger partial charge in [0.25, 0.3) is 0 Å². The number of ether oxygens (including phenoxy) is 2. The van der Waals surface area contributed by atoms with Crippen molar-refractivity contribution >= 4 is 11.9 Å². The Balaban J connectivity index is 2.29. The molecule has 0 aromatic heterocycles. The molecule has 0 saturated heterocycles. The molecule has 0 aromatic rings. The fourth-order valence-electron chi connectivity index (χ4n) is 2.59. The molecule has 4 nitrogen and oxygen atoms in total. The number of rotatable bonds is 7. The number of hydrogen-bond donors (Lipinski definition) is 0. The molecule has 0 aliphatic heterocycles. The number of hydrogen-bond acceptors (Lipinski definition) is 4. The Morgan fingerprint density at radius 2 is 1.81 bits per heavy atom. The summed E-state index contributed by atoms with van der Waals surface area (Å²) in [6, 6.07) is 0. The maximum atomic E-state index is 11.9. The van der Waals surface area contributed by atoms with E-state index < -0.39 is 5.41 Å². The Hall–Kier alpha value is -1.06. The first-order valence-corrected chi connectivity index (χ1v) is 8.27. The fourth-order valence-corrected chi connectivity index (χ4v) is 2.59. The third-order valence-electron chi connectivity index (χ3n) is 4.62. The standard InChI is InChI=1S/C17H30O4/c1-5-13-9-7-8-10-14(13)21-15(18)11-12-20-16(19)17(3,4)6-2/h13-14H,5-12H2,1-4H3. The molecule has 0 amide bonds. The first-order valence-electron chi connectivity index (χ1n) is 8.27. The molecule has 0 N–H and O–H groups in total. The first-order chi connectivity index (χ1) is 9.90. The van der Waals surface area contributed by atoms with Crippen molar-refractivity contribution in [3.8, 4) is 0 Å². The predicted molar refractivity (Wildman–Crippen MR) is 81.8 cm³/mol. The summed E-state index contributed by atoms with van der Waals surface area (Å²) in [7, 11) is 0. The highest BCUT2D eigenvalue weighted by Crippen LogP contribution is 2.29. The van der Waals surface area contributed by atoms with Crippen molar-refractivity contribution in [1.29, 1.82) is 0 Å². The monoisotopic (exact) mass is 298 g/mol. The topological polar surface area (TPSA) is 52.6 Å². The zero-order chi connectivity index (χ0) is 15.9. The van der Waals surface area contributed by atoms with Crippen molar-refractivity contribution in [2.75, 3.05) is 6.61 Å². The average Bonchev–Trinajstić information content (AvgIpc) is 2.47. The van der Waals surface area contributed by atoms with Crippen molar-refractivity contribution in [2.24, 2.45) is 11.3 Å². The highest BCUT2D eigenvalue weighted by molar-refractivity contribution is 5.76. The normalized spacial score (nSPS) is 22.7. The first kappa shape index (κ1) is 18.0. The molecule has 1 rings (SSSR count). The fraction of sp³-hybridized carbons (Fsp3) is 0.882. The molecular formula is C17H30O4. The summed E-state index contributed by atoms with van der Waals surface area (Å²) in [5, 5.41) is 0. The molecule has 2 atom stereocenters. The minimum atomic E-state index is -0.486. The van der Waals surface area contributed by atoms with E-state index in [1.807, 2.05) is 20.8 Å². The van der Waals surface area contributed by atoms with Crippen molar-refractivity contribution in [3.05, 3.63) is 0 Å². The van der Waals surface area contributed by atoms with E-state index in [9.17, 15) is 9.59 Å². The highest BCUT2D eigenvalue weighted by Gasteiger charge is 2.28. The summed E-state index contributed by atoms with van der Waals surface area (Å²) >= 11 is 0. The van der Waals surface area contributed by atoms with Gasteiger partial charge in [-0.05, 0) is 51.9 Å². The lowest BCUT2D eigenvalue weighted by atomic mass is 9.85. The number of esters is 2. The smallest absolute Gasteiger partial charge is 0.311 e. The molecule has 1 aliphatic carbocycles. The average molecular weight is 298 g/mol. The Labute approximate surface area is 128 Å². The largest absolute Gasteiger partial charge is 0.465 e. The van der Waals surface area contributed by atoms with E-state index in [1.54, 1.807) is 0 Å². The molecule has 0 aromatic carbocycles. The molecule has 0 bridgehead atoms. The Morgan fingerprint density at radius 1 is 1.14 bits per heavy atom. The van der Waals surface area contributed by atoms with Gasteiger partial charge >= 0.3 is 11.9 Å². The van der Waals surface area contributed by atoms with Gasteiger partial charge in [-0.2, -0.15) is 0 Å². The van der Waals surface area contributed by atoms with Gasteiger partial charge in [0.15, 0.2) is 0 Å². The van der Waals surface area contributed by atoms with Gasteiger partial charge in [-0.1, -0.05) is 20.3 Å². The molecule has 0 heterocycles. The number of carbonyl (C=O) groups is 2. The molecule has 21 heavy (non-hydrogen) atoms. The second kappa shape index (κ2) is 8.40. The van der Waals surface area contributed by atoms with E-state index in [-0.39, 0.29) is 31.1 Å². The van der Waals surface area contributed by atoms with Crippen molar-refractivity contribution in [1.82, 2.24) is 0 Å². The summed E-state index contributed by atoms with van der Waals surface area (Å²) in [5.74, 6) is -0.00590. The highest BCUT2D eigenvalue weighted by atomic mass is 16.6. The van der Waals surface area contributed by atoms with Gasteiger partial charge in [-0.15, -0.1) is 0 Å². The summed E-state index contributed by atoms with van der Waals surface area (Å²) < 4.78 is 10.7. The van der Waals surface area contributed by atoms with E-state index in [2.05, 4.69) is 6.92 Å². The quantitative estimate of drug-likeness (QED) is 0.670. The van der Waals surface area contributed by atoms with Crippen LogP contribution in [0.4, 0.5) is 0 Å². The van der Waals surface area contributed by atoms with Crippen LogP contribution in [0, 0.1) is 11.3 Å². The SMILES string of the molecule is CCC1CCCCC1OC(=O)CCOC(=O)C(C)(C)CC. The van der Waals surface area contributed by atoms with Crippen molar-refractivity contribution in [3.63, 3.8) is 0 Å². The summed E-state index contributed by atoms with van der Waals surface area (Å²) in [6.45, 7) is 7.91. The van der Waals surface area contributed by atoms with Crippen LogP contribution in [0.15, 0.2) is 0 Å². The van der Waals surface area contributed by atoms with E-state index in [0.29, 0.717) is 5.92 Å².